The van der Waals surface area contributed by atoms with Crippen LogP contribution < -0.4 is 14.8 Å². The van der Waals surface area contributed by atoms with E-state index in [0.717, 1.165) is 0 Å². The minimum Gasteiger partial charge on any atom is -0.493 e. The van der Waals surface area contributed by atoms with Crippen LogP contribution in [0.25, 0.3) is 6.08 Å². The van der Waals surface area contributed by atoms with Gasteiger partial charge in [-0.15, -0.1) is 11.3 Å². The van der Waals surface area contributed by atoms with Crippen LogP contribution in [0.4, 0.5) is 0 Å². The monoisotopic (exact) mass is 375 g/mol. The van der Waals surface area contributed by atoms with Crippen molar-refractivity contribution in [3.8, 4) is 11.5 Å². The average Bonchev–Trinajstić information content (AvgIpc) is 3.19. The van der Waals surface area contributed by atoms with Crippen molar-refractivity contribution in [2.24, 2.45) is 0 Å². The molecule has 26 heavy (non-hydrogen) atoms. The Morgan fingerprint density at radius 3 is 2.54 bits per heavy atom. The van der Waals surface area contributed by atoms with E-state index >= 15 is 0 Å². The van der Waals surface area contributed by atoms with E-state index in [1.54, 1.807) is 35.7 Å². The Balaban J connectivity index is 1.83. The quantitative estimate of drug-likeness (QED) is 0.590. The summed E-state index contributed by atoms with van der Waals surface area (Å²) in [4.78, 5) is 35.4. The summed E-state index contributed by atoms with van der Waals surface area (Å²) in [5.41, 5.74) is 0.692. The molecule has 8 heteroatoms. The third-order valence-electron chi connectivity index (χ3n) is 3.16. The molecular formula is C18H17NO6S. The molecule has 2 rings (SSSR count). The van der Waals surface area contributed by atoms with Gasteiger partial charge in [0.05, 0.1) is 19.1 Å². The number of thiophene rings is 1. The van der Waals surface area contributed by atoms with Crippen LogP contribution in [0.15, 0.2) is 41.8 Å². The smallest absolute Gasteiger partial charge is 0.331 e. The van der Waals surface area contributed by atoms with E-state index < -0.39 is 24.4 Å². The number of imide groups is 1. The van der Waals surface area contributed by atoms with Gasteiger partial charge < -0.3 is 14.2 Å². The number of amides is 2. The first-order valence-corrected chi connectivity index (χ1v) is 8.36. The zero-order valence-corrected chi connectivity index (χ0v) is 15.0. The van der Waals surface area contributed by atoms with Crippen LogP contribution in [0.2, 0.25) is 0 Å². The molecule has 1 aromatic carbocycles. The molecule has 1 heterocycles. The summed E-state index contributed by atoms with van der Waals surface area (Å²) in [6.45, 7) is -0.549. The fourth-order valence-electron chi connectivity index (χ4n) is 1.94. The molecule has 0 aliphatic carbocycles. The Labute approximate surface area is 154 Å². The van der Waals surface area contributed by atoms with Crippen LogP contribution in [0.1, 0.15) is 15.2 Å². The number of carbonyl (C=O) groups excluding carboxylic acids is 3. The van der Waals surface area contributed by atoms with Gasteiger partial charge in [0, 0.05) is 6.08 Å². The van der Waals surface area contributed by atoms with E-state index in [1.165, 1.54) is 37.7 Å². The van der Waals surface area contributed by atoms with Crippen molar-refractivity contribution in [1.29, 1.82) is 0 Å². The zero-order chi connectivity index (χ0) is 18.9. The normalized spacial score (nSPS) is 10.4. The van der Waals surface area contributed by atoms with Crippen molar-refractivity contribution >= 4 is 35.2 Å². The molecule has 136 valence electrons. The lowest BCUT2D eigenvalue weighted by Gasteiger charge is -2.07. The maximum Gasteiger partial charge on any atom is 0.331 e. The molecule has 7 nitrogen and oxygen atoms in total. The number of hydrogen-bond donors (Lipinski definition) is 1. The molecule has 0 spiro atoms. The standard InChI is InChI=1S/C18H17NO6S/c1-23-13-7-5-12(10-14(13)24-2)6-8-17(21)25-11-16(20)19-18(22)15-4-3-9-26-15/h3-10H,11H2,1-2H3,(H,19,20,22)/b8-6+. The number of benzene rings is 1. The predicted molar refractivity (Wildman–Crippen MR) is 96.3 cm³/mol. The molecule has 2 aromatic rings. The lowest BCUT2D eigenvalue weighted by atomic mass is 10.2. The van der Waals surface area contributed by atoms with Crippen LogP contribution in [-0.2, 0) is 14.3 Å². The largest absolute Gasteiger partial charge is 0.493 e. The SMILES string of the molecule is COc1ccc(/C=C/C(=O)OCC(=O)NC(=O)c2cccs2)cc1OC. The van der Waals surface area contributed by atoms with E-state index in [0.29, 0.717) is 21.9 Å². The second-order valence-electron chi connectivity index (χ2n) is 4.91. The molecule has 0 aliphatic rings. The molecular weight excluding hydrogens is 358 g/mol. The number of rotatable bonds is 7. The van der Waals surface area contributed by atoms with Gasteiger partial charge in [-0.05, 0) is 35.2 Å². The average molecular weight is 375 g/mol. The molecule has 0 aliphatic heterocycles. The highest BCUT2D eigenvalue weighted by Gasteiger charge is 2.12. The number of hydrogen-bond acceptors (Lipinski definition) is 7. The molecule has 0 radical (unpaired) electrons. The van der Waals surface area contributed by atoms with Crippen LogP contribution >= 0.6 is 11.3 Å². The van der Waals surface area contributed by atoms with Crippen LogP contribution in [0, 0.1) is 0 Å². The molecule has 0 saturated carbocycles. The van der Waals surface area contributed by atoms with E-state index in [-0.39, 0.29) is 0 Å². The van der Waals surface area contributed by atoms with E-state index in [4.69, 9.17) is 14.2 Å². The highest BCUT2D eigenvalue weighted by Crippen LogP contribution is 2.27. The van der Waals surface area contributed by atoms with Gasteiger partial charge in [0.15, 0.2) is 18.1 Å². The van der Waals surface area contributed by atoms with E-state index in [2.05, 4.69) is 5.32 Å². The molecule has 0 bridgehead atoms. The fourth-order valence-corrected chi connectivity index (χ4v) is 2.56. The second kappa shape index (κ2) is 9.38. The molecule has 0 atom stereocenters. The van der Waals surface area contributed by atoms with Crippen molar-refractivity contribution in [2.45, 2.75) is 0 Å². The predicted octanol–water partition coefficient (Wildman–Crippen LogP) is 2.28. The minimum absolute atomic E-state index is 0.401. The van der Waals surface area contributed by atoms with Gasteiger partial charge in [-0.3, -0.25) is 14.9 Å². The van der Waals surface area contributed by atoms with Crippen LogP contribution in [-0.4, -0.2) is 38.6 Å². The van der Waals surface area contributed by atoms with Gasteiger partial charge in [0.1, 0.15) is 0 Å². The second-order valence-corrected chi connectivity index (χ2v) is 5.86. The zero-order valence-electron chi connectivity index (χ0n) is 14.2. The van der Waals surface area contributed by atoms with Gasteiger partial charge in [-0.2, -0.15) is 0 Å². The summed E-state index contributed by atoms with van der Waals surface area (Å²) in [6.07, 6.45) is 2.69. The van der Waals surface area contributed by atoms with Gasteiger partial charge in [-0.25, -0.2) is 4.79 Å². The summed E-state index contributed by atoms with van der Waals surface area (Å²) in [6, 6.07) is 8.41. The Morgan fingerprint density at radius 2 is 1.88 bits per heavy atom. The first-order valence-electron chi connectivity index (χ1n) is 7.48. The van der Waals surface area contributed by atoms with Crippen LogP contribution in [0.3, 0.4) is 0 Å². The van der Waals surface area contributed by atoms with Crippen molar-refractivity contribution in [1.82, 2.24) is 5.32 Å². The number of nitrogens with one attached hydrogen (secondary N) is 1. The van der Waals surface area contributed by atoms with Crippen LogP contribution in [0.5, 0.6) is 11.5 Å². The third kappa shape index (κ3) is 5.45. The van der Waals surface area contributed by atoms with Gasteiger partial charge in [0.2, 0.25) is 0 Å². The summed E-state index contributed by atoms with van der Waals surface area (Å²) >= 11 is 1.21. The first kappa shape index (κ1) is 19.2. The first-order chi connectivity index (χ1) is 12.5. The summed E-state index contributed by atoms with van der Waals surface area (Å²) < 4.78 is 15.1. The maximum atomic E-state index is 11.7. The minimum atomic E-state index is -0.710. The Hall–Kier alpha value is -3.13. The van der Waals surface area contributed by atoms with Crippen molar-refractivity contribution in [3.63, 3.8) is 0 Å². The topological polar surface area (TPSA) is 90.9 Å². The van der Waals surface area contributed by atoms with Crippen molar-refractivity contribution in [3.05, 3.63) is 52.2 Å². The number of carbonyl (C=O) groups is 3. The van der Waals surface area contributed by atoms with Gasteiger partial charge in [0.25, 0.3) is 11.8 Å². The number of ether oxygens (including phenoxy) is 3. The highest BCUT2D eigenvalue weighted by atomic mass is 32.1. The maximum absolute atomic E-state index is 11.7. The number of methoxy groups -OCH3 is 2. The number of esters is 1. The molecule has 1 aromatic heterocycles. The molecule has 0 fully saturated rings. The lowest BCUT2D eigenvalue weighted by Crippen LogP contribution is -2.33. The van der Waals surface area contributed by atoms with Crippen molar-refractivity contribution < 1.29 is 28.6 Å². The Kier molecular flexibility index (Phi) is 6.92. The highest BCUT2D eigenvalue weighted by molar-refractivity contribution is 7.12. The molecule has 2 amide bonds. The molecule has 0 unspecified atom stereocenters. The van der Waals surface area contributed by atoms with Gasteiger partial charge >= 0.3 is 5.97 Å². The third-order valence-corrected chi connectivity index (χ3v) is 4.03. The Morgan fingerprint density at radius 1 is 1.12 bits per heavy atom. The fraction of sp³-hybridized carbons (Fsp3) is 0.167. The van der Waals surface area contributed by atoms with Gasteiger partial charge in [-0.1, -0.05) is 12.1 Å². The Bertz CT molecular complexity index is 813. The summed E-state index contributed by atoms with van der Waals surface area (Å²) in [5, 5.41) is 3.86. The molecule has 0 saturated heterocycles. The van der Waals surface area contributed by atoms with E-state index in [1.807, 2.05) is 0 Å². The molecule has 1 N–H and O–H groups in total. The van der Waals surface area contributed by atoms with Crippen molar-refractivity contribution in [2.75, 3.05) is 20.8 Å². The lowest BCUT2D eigenvalue weighted by molar-refractivity contribution is -0.143. The summed E-state index contributed by atoms with van der Waals surface area (Å²) in [7, 11) is 3.04. The van der Waals surface area contributed by atoms with E-state index in [9.17, 15) is 14.4 Å². The summed E-state index contributed by atoms with van der Waals surface area (Å²) in [5.74, 6) is -0.842.